The van der Waals surface area contributed by atoms with Gasteiger partial charge in [0, 0.05) is 21.3 Å². The van der Waals surface area contributed by atoms with Crippen LogP contribution in [0.3, 0.4) is 0 Å². The van der Waals surface area contributed by atoms with E-state index in [-0.39, 0.29) is 5.78 Å². The van der Waals surface area contributed by atoms with E-state index in [0.717, 1.165) is 8.95 Å². The van der Waals surface area contributed by atoms with Crippen LogP contribution in [0.15, 0.2) is 42.3 Å². The fraction of sp³-hybridized carbons (Fsp3) is 0.211. The lowest BCUT2D eigenvalue weighted by Crippen LogP contribution is -2.17. The zero-order valence-electron chi connectivity index (χ0n) is 15.0. The molecule has 4 N–H and O–H groups in total. The summed E-state index contributed by atoms with van der Waals surface area (Å²) < 4.78 is 13.1. The van der Waals surface area contributed by atoms with E-state index in [2.05, 4.69) is 41.8 Å². The van der Waals surface area contributed by atoms with E-state index >= 15 is 0 Å². The number of pyridine rings is 2. The van der Waals surface area contributed by atoms with E-state index in [9.17, 15) is 4.79 Å². The number of anilines is 2. The molecule has 7 nitrogen and oxygen atoms in total. The Kier molecular flexibility index (Phi) is 4.67. The van der Waals surface area contributed by atoms with Crippen LogP contribution in [0.25, 0.3) is 22.2 Å². The Labute approximate surface area is 176 Å². The summed E-state index contributed by atoms with van der Waals surface area (Å²) in [5, 5.41) is 1.32. The molecule has 0 bridgehead atoms. The summed E-state index contributed by atoms with van der Waals surface area (Å²) in [6.45, 7) is 3.49. The van der Waals surface area contributed by atoms with Crippen LogP contribution in [-0.2, 0) is 4.79 Å². The van der Waals surface area contributed by atoms with Gasteiger partial charge >= 0.3 is 0 Å². The molecule has 0 fully saturated rings. The normalized spacial score (nSPS) is 13.9. The Balaban J connectivity index is 1.71. The largest absolute Gasteiger partial charge is 0.440 e. The van der Waals surface area contributed by atoms with E-state index in [4.69, 9.17) is 20.3 Å². The number of hydrogen-bond donors (Lipinski definition) is 2. The van der Waals surface area contributed by atoms with Crippen molar-refractivity contribution in [2.75, 3.05) is 11.5 Å². The molecular weight excluding hydrogens is 492 g/mol. The van der Waals surface area contributed by atoms with Crippen LogP contribution in [-0.4, -0.2) is 15.8 Å². The van der Waals surface area contributed by atoms with Gasteiger partial charge in [-0.25, -0.2) is 9.97 Å². The van der Waals surface area contributed by atoms with Crippen molar-refractivity contribution in [3.63, 3.8) is 0 Å². The first-order valence-corrected chi connectivity index (χ1v) is 10.1. The number of nitrogens with two attached hydrogens (primary N) is 2. The quantitative estimate of drug-likeness (QED) is 0.392. The van der Waals surface area contributed by atoms with Crippen molar-refractivity contribution in [2.24, 2.45) is 0 Å². The van der Waals surface area contributed by atoms with E-state index in [1.807, 2.05) is 12.1 Å². The number of carbonyl (C=O) groups is 1. The fourth-order valence-electron chi connectivity index (χ4n) is 3.26. The van der Waals surface area contributed by atoms with Crippen LogP contribution in [0.4, 0.5) is 11.4 Å². The number of ketones is 1. The van der Waals surface area contributed by atoms with Crippen LogP contribution in [0.2, 0.25) is 0 Å². The first-order chi connectivity index (χ1) is 13.3. The maximum Gasteiger partial charge on any atom is 0.228 e. The second kappa shape index (κ2) is 6.89. The van der Waals surface area contributed by atoms with Crippen molar-refractivity contribution in [3.8, 4) is 0 Å². The number of fused-ring (bicyclic) bond motifs is 2. The van der Waals surface area contributed by atoms with Crippen molar-refractivity contribution in [1.29, 1.82) is 0 Å². The molecule has 4 heterocycles. The minimum atomic E-state index is -0.602. The van der Waals surface area contributed by atoms with E-state index < -0.39 is 11.8 Å². The molecule has 144 valence electrons. The summed E-state index contributed by atoms with van der Waals surface area (Å²) in [6.07, 6.45) is 3.23. The lowest BCUT2D eigenvalue weighted by atomic mass is 9.90. The molecule has 0 saturated heterocycles. The molecule has 0 aliphatic rings. The summed E-state index contributed by atoms with van der Waals surface area (Å²) in [6, 6.07) is 3.62. The minimum Gasteiger partial charge on any atom is -0.440 e. The van der Waals surface area contributed by atoms with Gasteiger partial charge in [0.15, 0.2) is 5.78 Å². The zero-order valence-corrected chi connectivity index (χ0v) is 18.2. The van der Waals surface area contributed by atoms with Gasteiger partial charge in [-0.15, -0.1) is 0 Å². The number of rotatable bonds is 4. The van der Waals surface area contributed by atoms with Gasteiger partial charge in [0.2, 0.25) is 11.4 Å². The van der Waals surface area contributed by atoms with Crippen LogP contribution < -0.4 is 11.5 Å². The third kappa shape index (κ3) is 2.98. The molecule has 4 rings (SSSR count). The highest BCUT2D eigenvalue weighted by Crippen LogP contribution is 2.39. The number of halogens is 2. The van der Waals surface area contributed by atoms with Gasteiger partial charge < -0.3 is 20.3 Å². The number of furan rings is 2. The average Bonchev–Trinajstić information content (AvgIpc) is 3.17. The number of carbonyl (C=O) groups excluding carboxylic acids is 1. The summed E-state index contributed by atoms with van der Waals surface area (Å²) in [4.78, 5) is 21.5. The van der Waals surface area contributed by atoms with E-state index in [1.165, 1.54) is 0 Å². The van der Waals surface area contributed by atoms with Crippen molar-refractivity contribution in [3.05, 3.63) is 45.0 Å². The van der Waals surface area contributed by atoms with Crippen molar-refractivity contribution in [2.45, 2.75) is 25.7 Å². The predicted octanol–water partition coefficient (Wildman–Crippen LogP) is 5.13. The van der Waals surface area contributed by atoms with Gasteiger partial charge in [-0.05, 0) is 57.8 Å². The SMILES string of the molecule is CC(C(=O)C(C)c1oc2ncc(Br)cc2c1N)c1oc2ncc(Br)cc2c1N. The molecule has 9 heteroatoms. The van der Waals surface area contributed by atoms with Crippen LogP contribution >= 0.6 is 31.9 Å². The molecule has 0 radical (unpaired) electrons. The second-order valence-electron chi connectivity index (χ2n) is 6.62. The minimum absolute atomic E-state index is 0.130. The maximum absolute atomic E-state index is 13.1. The highest BCUT2D eigenvalue weighted by atomic mass is 79.9. The Hall–Kier alpha value is -2.39. The molecule has 0 aromatic carbocycles. The number of aromatic nitrogens is 2. The molecule has 0 spiro atoms. The number of nitrogens with zero attached hydrogens (tertiary/aromatic N) is 2. The maximum atomic E-state index is 13.1. The standard InChI is InChI=1S/C19H16Br2N4O3/c1-7(16-13(22)11-3-9(20)5-24-18(11)27-16)15(26)8(2)17-14(23)12-4-10(21)6-25-19(12)28-17/h3-8H,22-23H2,1-2H3. The van der Waals surface area contributed by atoms with Crippen LogP contribution in [0.5, 0.6) is 0 Å². The molecule has 0 aliphatic carbocycles. The van der Waals surface area contributed by atoms with Crippen molar-refractivity contribution >= 4 is 71.2 Å². The zero-order chi connectivity index (χ0) is 20.2. The lowest BCUT2D eigenvalue weighted by Gasteiger charge is -2.14. The molecule has 4 aromatic heterocycles. The smallest absolute Gasteiger partial charge is 0.228 e. The molecular formula is C19H16Br2N4O3. The first kappa shape index (κ1) is 18.9. The van der Waals surface area contributed by atoms with Gasteiger partial charge in [-0.1, -0.05) is 0 Å². The summed E-state index contributed by atoms with van der Waals surface area (Å²) in [5.74, 6) is -0.568. The van der Waals surface area contributed by atoms with Crippen molar-refractivity contribution in [1.82, 2.24) is 9.97 Å². The van der Waals surface area contributed by atoms with Crippen LogP contribution in [0.1, 0.15) is 37.2 Å². The monoisotopic (exact) mass is 506 g/mol. The summed E-state index contributed by atoms with van der Waals surface area (Å²) in [7, 11) is 0. The predicted molar refractivity (Wildman–Crippen MR) is 114 cm³/mol. The molecule has 0 aliphatic heterocycles. The van der Waals surface area contributed by atoms with Crippen molar-refractivity contribution < 1.29 is 13.6 Å². The molecule has 0 amide bonds. The summed E-state index contributed by atoms with van der Waals surface area (Å²) in [5.41, 5.74) is 14.0. The number of hydrogen-bond acceptors (Lipinski definition) is 7. The number of Topliss-reactive ketones (excluding diaryl/α,β-unsaturated/α-hetero) is 1. The third-order valence-electron chi connectivity index (χ3n) is 4.80. The van der Waals surface area contributed by atoms with E-state index in [0.29, 0.717) is 45.1 Å². The lowest BCUT2D eigenvalue weighted by molar-refractivity contribution is -0.121. The molecule has 0 saturated carbocycles. The topological polar surface area (TPSA) is 121 Å². The third-order valence-corrected chi connectivity index (χ3v) is 5.67. The average molecular weight is 508 g/mol. The van der Waals surface area contributed by atoms with Gasteiger partial charge in [0.05, 0.1) is 34.0 Å². The van der Waals surface area contributed by atoms with Gasteiger partial charge in [-0.2, -0.15) is 0 Å². The summed E-state index contributed by atoms with van der Waals surface area (Å²) >= 11 is 6.73. The van der Waals surface area contributed by atoms with E-state index in [1.54, 1.807) is 26.2 Å². The van der Waals surface area contributed by atoms with Gasteiger partial charge in [-0.3, -0.25) is 4.79 Å². The Bertz CT molecular complexity index is 1140. The number of nitrogen functional groups attached to an aromatic ring is 2. The Morgan fingerprint density at radius 1 is 0.893 bits per heavy atom. The first-order valence-electron chi connectivity index (χ1n) is 8.48. The molecule has 2 atom stereocenters. The molecule has 4 aromatic rings. The molecule has 28 heavy (non-hydrogen) atoms. The van der Waals surface area contributed by atoms with Gasteiger partial charge in [0.25, 0.3) is 0 Å². The molecule has 2 unspecified atom stereocenters. The Morgan fingerprint density at radius 2 is 1.29 bits per heavy atom. The second-order valence-corrected chi connectivity index (χ2v) is 8.45. The highest BCUT2D eigenvalue weighted by molar-refractivity contribution is 9.10. The highest BCUT2D eigenvalue weighted by Gasteiger charge is 2.32. The van der Waals surface area contributed by atoms with Crippen LogP contribution in [0, 0.1) is 0 Å². The fourth-order valence-corrected chi connectivity index (χ4v) is 3.93. The Morgan fingerprint density at radius 3 is 1.68 bits per heavy atom. The van der Waals surface area contributed by atoms with Gasteiger partial charge in [0.1, 0.15) is 11.5 Å².